The third-order valence-electron chi connectivity index (χ3n) is 4.06. The van der Waals surface area contributed by atoms with E-state index >= 15 is 0 Å². The van der Waals surface area contributed by atoms with E-state index in [9.17, 15) is 4.79 Å². The van der Waals surface area contributed by atoms with Crippen molar-refractivity contribution in [3.05, 3.63) is 42.6 Å². The summed E-state index contributed by atoms with van der Waals surface area (Å²) in [5, 5.41) is 6.01. The second-order valence-corrected chi connectivity index (χ2v) is 6.14. The van der Waals surface area contributed by atoms with Gasteiger partial charge in [0.2, 0.25) is 5.95 Å². The van der Waals surface area contributed by atoms with Crippen molar-refractivity contribution in [2.24, 2.45) is 0 Å². The Morgan fingerprint density at radius 3 is 3.00 bits per heavy atom. The molecular weight excluding hydrogens is 306 g/mol. The number of urea groups is 1. The van der Waals surface area contributed by atoms with Gasteiger partial charge in [-0.3, -0.25) is 0 Å². The van der Waals surface area contributed by atoms with Crippen LogP contribution >= 0.6 is 0 Å². The summed E-state index contributed by atoms with van der Waals surface area (Å²) in [6.07, 6.45) is 7.76. The Bertz CT molecular complexity index is 632. The Hall–Kier alpha value is -2.57. The highest BCUT2D eigenvalue weighted by Crippen LogP contribution is 2.15. The third-order valence-corrected chi connectivity index (χ3v) is 4.06. The number of nitrogens with zero attached hydrogens (tertiary/aromatic N) is 3. The molecule has 128 valence electrons. The van der Waals surface area contributed by atoms with Gasteiger partial charge in [0.15, 0.2) is 0 Å². The highest BCUT2D eigenvalue weighted by molar-refractivity contribution is 5.74. The molecule has 3 rings (SSSR count). The minimum atomic E-state index is -0.144. The lowest BCUT2D eigenvalue weighted by atomic mass is 10.1. The molecule has 0 saturated carbocycles. The number of aromatic nitrogens is 2. The maximum Gasteiger partial charge on any atom is 0.315 e. The molecule has 0 bridgehead atoms. The van der Waals surface area contributed by atoms with E-state index in [1.807, 2.05) is 19.1 Å². The zero-order valence-corrected chi connectivity index (χ0v) is 13.8. The molecule has 0 aromatic carbocycles. The summed E-state index contributed by atoms with van der Waals surface area (Å²) in [5.74, 6) is 1.59. The third kappa shape index (κ3) is 4.47. The number of hydrogen-bond donors (Lipinski definition) is 2. The van der Waals surface area contributed by atoms with Crippen LogP contribution in [0.5, 0.6) is 0 Å². The van der Waals surface area contributed by atoms with E-state index in [2.05, 4.69) is 25.5 Å². The second kappa shape index (κ2) is 7.81. The molecule has 7 nitrogen and oxygen atoms in total. The first-order valence-corrected chi connectivity index (χ1v) is 8.32. The number of anilines is 1. The van der Waals surface area contributed by atoms with Crippen LogP contribution in [0.4, 0.5) is 10.7 Å². The fraction of sp³-hybridized carbons (Fsp3) is 0.471. The van der Waals surface area contributed by atoms with Gasteiger partial charge in [-0.1, -0.05) is 0 Å². The van der Waals surface area contributed by atoms with Crippen LogP contribution in [0.25, 0.3) is 0 Å². The van der Waals surface area contributed by atoms with Crippen LogP contribution in [-0.4, -0.2) is 41.2 Å². The first-order chi connectivity index (χ1) is 11.7. The molecule has 24 heavy (non-hydrogen) atoms. The van der Waals surface area contributed by atoms with E-state index in [0.717, 1.165) is 37.6 Å². The van der Waals surface area contributed by atoms with Crippen molar-refractivity contribution in [3.8, 4) is 0 Å². The number of amides is 2. The first kappa shape index (κ1) is 16.3. The van der Waals surface area contributed by atoms with Gasteiger partial charge >= 0.3 is 6.03 Å². The fourth-order valence-corrected chi connectivity index (χ4v) is 2.96. The number of carbonyl (C=O) groups is 1. The standard InChI is InChI=1S/C17H23N5O2/c1-13(11-15-6-3-10-24-15)20-17(23)21-14-5-2-9-22(12-14)16-18-7-4-8-19-16/h3-4,6-8,10,13-14H,2,5,9,11-12H2,1H3,(H2,20,21,23). The van der Waals surface area contributed by atoms with Crippen LogP contribution in [0.15, 0.2) is 41.3 Å². The molecule has 2 amide bonds. The van der Waals surface area contributed by atoms with Crippen LogP contribution in [-0.2, 0) is 6.42 Å². The van der Waals surface area contributed by atoms with Gasteiger partial charge in [0, 0.05) is 44.0 Å². The van der Waals surface area contributed by atoms with Gasteiger partial charge in [-0.05, 0) is 38.0 Å². The summed E-state index contributed by atoms with van der Waals surface area (Å²) in [7, 11) is 0. The zero-order chi connectivity index (χ0) is 16.8. The first-order valence-electron chi connectivity index (χ1n) is 8.32. The molecule has 0 radical (unpaired) electrons. The van der Waals surface area contributed by atoms with E-state index in [-0.39, 0.29) is 18.1 Å². The number of hydrogen-bond acceptors (Lipinski definition) is 5. The number of furan rings is 1. The molecule has 1 aliphatic heterocycles. The molecule has 1 saturated heterocycles. The van der Waals surface area contributed by atoms with Gasteiger partial charge in [-0.25, -0.2) is 14.8 Å². The van der Waals surface area contributed by atoms with E-state index in [0.29, 0.717) is 6.42 Å². The molecule has 2 N–H and O–H groups in total. The van der Waals surface area contributed by atoms with Crippen molar-refractivity contribution in [1.82, 2.24) is 20.6 Å². The molecule has 1 aliphatic rings. The van der Waals surface area contributed by atoms with E-state index in [1.165, 1.54) is 0 Å². The maximum atomic E-state index is 12.2. The Kier molecular flexibility index (Phi) is 5.30. The van der Waals surface area contributed by atoms with Crippen LogP contribution in [0, 0.1) is 0 Å². The maximum absolute atomic E-state index is 12.2. The van der Waals surface area contributed by atoms with Gasteiger partial charge < -0.3 is 20.0 Å². The summed E-state index contributed by atoms with van der Waals surface area (Å²) in [5.41, 5.74) is 0. The van der Waals surface area contributed by atoms with Crippen molar-refractivity contribution in [2.75, 3.05) is 18.0 Å². The largest absolute Gasteiger partial charge is 0.469 e. The lowest BCUT2D eigenvalue weighted by molar-refractivity contribution is 0.231. The van der Waals surface area contributed by atoms with Gasteiger partial charge in [-0.2, -0.15) is 0 Å². The van der Waals surface area contributed by atoms with Crippen molar-refractivity contribution in [2.45, 2.75) is 38.3 Å². The lowest BCUT2D eigenvalue weighted by Crippen LogP contribution is -2.52. The molecule has 2 unspecified atom stereocenters. The van der Waals surface area contributed by atoms with Gasteiger partial charge in [-0.15, -0.1) is 0 Å². The average Bonchev–Trinajstić information content (AvgIpc) is 3.08. The van der Waals surface area contributed by atoms with Gasteiger partial charge in [0.25, 0.3) is 0 Å². The topological polar surface area (TPSA) is 83.3 Å². The van der Waals surface area contributed by atoms with E-state index in [4.69, 9.17) is 4.42 Å². The minimum absolute atomic E-state index is 0.00769. The molecule has 1 fully saturated rings. The molecule has 7 heteroatoms. The Morgan fingerprint density at radius 2 is 2.25 bits per heavy atom. The Morgan fingerprint density at radius 1 is 1.42 bits per heavy atom. The summed E-state index contributed by atoms with van der Waals surface area (Å²) >= 11 is 0. The molecule has 2 aromatic rings. The van der Waals surface area contributed by atoms with Crippen LogP contribution in [0.2, 0.25) is 0 Å². The summed E-state index contributed by atoms with van der Waals surface area (Å²) in [6, 6.07) is 5.53. The van der Waals surface area contributed by atoms with Crippen LogP contribution in [0.3, 0.4) is 0 Å². The van der Waals surface area contributed by atoms with Crippen molar-refractivity contribution >= 4 is 12.0 Å². The molecule has 2 atom stereocenters. The molecular formula is C17H23N5O2. The van der Waals surface area contributed by atoms with E-state index in [1.54, 1.807) is 24.7 Å². The summed E-state index contributed by atoms with van der Waals surface area (Å²) in [6.45, 7) is 3.61. The normalized spacial score (nSPS) is 18.9. The Balaban J connectivity index is 1.47. The molecule has 3 heterocycles. The predicted molar refractivity (Wildman–Crippen MR) is 90.8 cm³/mol. The van der Waals surface area contributed by atoms with Crippen LogP contribution < -0.4 is 15.5 Å². The average molecular weight is 329 g/mol. The number of piperidine rings is 1. The predicted octanol–water partition coefficient (Wildman–Crippen LogP) is 1.97. The van der Waals surface area contributed by atoms with E-state index < -0.39 is 0 Å². The second-order valence-electron chi connectivity index (χ2n) is 6.14. The number of carbonyl (C=O) groups excluding carboxylic acids is 1. The Labute approximate surface area is 141 Å². The smallest absolute Gasteiger partial charge is 0.315 e. The van der Waals surface area contributed by atoms with Gasteiger partial charge in [0.05, 0.1) is 6.26 Å². The van der Waals surface area contributed by atoms with Crippen LogP contribution in [0.1, 0.15) is 25.5 Å². The molecule has 2 aromatic heterocycles. The quantitative estimate of drug-likeness (QED) is 0.876. The number of nitrogens with one attached hydrogen (secondary N) is 2. The molecule has 0 aliphatic carbocycles. The SMILES string of the molecule is CC(Cc1ccco1)NC(=O)NC1CCCN(c2ncccn2)C1. The zero-order valence-electron chi connectivity index (χ0n) is 13.8. The minimum Gasteiger partial charge on any atom is -0.469 e. The van der Waals surface area contributed by atoms with Gasteiger partial charge in [0.1, 0.15) is 5.76 Å². The highest BCUT2D eigenvalue weighted by Gasteiger charge is 2.23. The lowest BCUT2D eigenvalue weighted by Gasteiger charge is -2.33. The molecule has 0 spiro atoms. The van der Waals surface area contributed by atoms with Crippen molar-refractivity contribution < 1.29 is 9.21 Å². The number of rotatable bonds is 5. The highest BCUT2D eigenvalue weighted by atomic mass is 16.3. The monoisotopic (exact) mass is 329 g/mol. The van der Waals surface area contributed by atoms with Crippen molar-refractivity contribution in [1.29, 1.82) is 0 Å². The fourth-order valence-electron chi connectivity index (χ4n) is 2.96. The summed E-state index contributed by atoms with van der Waals surface area (Å²) in [4.78, 5) is 22.9. The van der Waals surface area contributed by atoms with Crippen molar-refractivity contribution in [3.63, 3.8) is 0 Å². The summed E-state index contributed by atoms with van der Waals surface area (Å²) < 4.78 is 5.31.